The Hall–Kier alpha value is -5.42. The van der Waals surface area contributed by atoms with Crippen molar-refractivity contribution in [3.05, 3.63) is 0 Å². The molecule has 0 aromatic rings. The van der Waals surface area contributed by atoms with Crippen LogP contribution in [-0.4, -0.2) is 163 Å². The van der Waals surface area contributed by atoms with Crippen LogP contribution in [0.25, 0.3) is 0 Å². The normalized spacial score (nSPS) is 10.5. The fraction of sp³-hybridized carbons (Fsp3) is 0.788. The van der Waals surface area contributed by atoms with E-state index < -0.39 is 71.6 Å². The number of carboxylic acids is 2. The van der Waals surface area contributed by atoms with E-state index in [2.05, 4.69) is 0 Å². The van der Waals surface area contributed by atoms with E-state index in [4.69, 9.17) is 56.8 Å². The molecule has 0 aliphatic rings. The van der Waals surface area contributed by atoms with Gasteiger partial charge in [0.05, 0.1) is 79.3 Å². The first-order chi connectivity index (χ1) is 45.4. The Kier molecular flexibility index (Phi) is 68.6. The standard InChI is InChI=1S/C66H106O28.2Na/c67-53(68)27-1-3-29-55(71)83-41-15-17-43-85-57(73)31-5-7-33-59(75)87-45-19-21-47-89-61(77)35-9-11-37-63(79)91-49-23-25-51-93-65(81)39-13-14-40-66(82)94-52-26-24-50-92-64(80)38-12-10-36-62(78)90-48-22-20-46-88-60(76)34-8-6-32-58(74)86-44-18-16-42-84-56(72)30-4-2-28-54(69)70;;/h1-52H2,(H,67,68)(H,69,70);;/q;2*+1/p-2. The molecular weight excluding hydrogens is 1290 g/mol. The number of hydrogen-bond donors (Lipinski definition) is 0. The Labute approximate surface area is 608 Å². The third-order valence-corrected chi connectivity index (χ3v) is 13.5. The average Bonchev–Trinajstić information content (AvgIpc) is 3.70. The van der Waals surface area contributed by atoms with Crippen molar-refractivity contribution in [1.82, 2.24) is 0 Å². The summed E-state index contributed by atoms with van der Waals surface area (Å²) in [6.07, 6.45) is 13.6. The van der Waals surface area contributed by atoms with Gasteiger partial charge in [0.15, 0.2) is 0 Å². The molecule has 0 N–H and O–H groups in total. The maximum atomic E-state index is 12.1. The molecule has 0 aliphatic heterocycles. The molecule has 0 aromatic carbocycles. The summed E-state index contributed by atoms with van der Waals surface area (Å²) >= 11 is 0. The van der Waals surface area contributed by atoms with E-state index in [-0.39, 0.29) is 240 Å². The molecule has 0 aliphatic carbocycles. The van der Waals surface area contributed by atoms with Gasteiger partial charge in [-0.15, -0.1) is 0 Å². The van der Waals surface area contributed by atoms with Crippen LogP contribution >= 0.6 is 0 Å². The Balaban J connectivity index is -0.0000432. The molecule has 0 spiro atoms. The van der Waals surface area contributed by atoms with Gasteiger partial charge in [-0.3, -0.25) is 57.5 Å². The monoisotopic (exact) mass is 1390 g/mol. The molecule has 538 valence electrons. The van der Waals surface area contributed by atoms with Gasteiger partial charge in [-0.1, -0.05) is 0 Å². The van der Waals surface area contributed by atoms with E-state index in [9.17, 15) is 77.3 Å². The average molecular weight is 1390 g/mol. The SMILES string of the molecule is O=C([O-])CCCCC(=O)OCCCCOC(=O)CCCCC(=O)OCCCCOC(=O)CCCCC(=O)OCCCCOC(=O)CCCCC(=O)OCCCCOC(=O)CCCCC(=O)OCCCCOC(=O)CCCCC(=O)OCCCCOC(=O)CCCCC(=O)[O-].[Na+].[Na+]. The number of esters is 12. The minimum Gasteiger partial charge on any atom is -0.550 e. The Morgan fingerprint density at radius 2 is 0.229 bits per heavy atom. The molecular formula is C66H104Na2O28. The zero-order valence-corrected chi connectivity index (χ0v) is 61.2. The fourth-order valence-corrected chi connectivity index (χ4v) is 8.09. The zero-order chi connectivity index (χ0) is 69.3. The van der Waals surface area contributed by atoms with Gasteiger partial charge in [-0.05, 0) is 180 Å². The van der Waals surface area contributed by atoms with Crippen molar-refractivity contribution >= 4 is 83.6 Å². The molecule has 0 aromatic heterocycles. The molecule has 0 fully saturated rings. The number of aliphatic carboxylic acids is 2. The molecule has 0 saturated carbocycles. The second-order valence-corrected chi connectivity index (χ2v) is 22.1. The number of carboxylic acid groups (broad SMARTS) is 2. The van der Waals surface area contributed by atoms with Crippen LogP contribution in [0.4, 0.5) is 0 Å². The first-order valence-electron chi connectivity index (χ1n) is 33.6. The van der Waals surface area contributed by atoms with Gasteiger partial charge in [0.2, 0.25) is 0 Å². The second kappa shape index (κ2) is 69.5. The van der Waals surface area contributed by atoms with Gasteiger partial charge in [0.1, 0.15) is 0 Å². The van der Waals surface area contributed by atoms with E-state index in [1.807, 2.05) is 0 Å². The van der Waals surface area contributed by atoms with Crippen molar-refractivity contribution in [2.24, 2.45) is 0 Å². The molecule has 0 unspecified atom stereocenters. The van der Waals surface area contributed by atoms with Crippen molar-refractivity contribution in [3.63, 3.8) is 0 Å². The maximum absolute atomic E-state index is 12.1. The van der Waals surface area contributed by atoms with E-state index >= 15 is 0 Å². The summed E-state index contributed by atoms with van der Waals surface area (Å²) < 4.78 is 62.0. The minimum atomic E-state index is -1.15. The zero-order valence-electron chi connectivity index (χ0n) is 57.2. The number of carbonyl (C=O) groups is 14. The van der Waals surface area contributed by atoms with Crippen LogP contribution in [0.3, 0.4) is 0 Å². The van der Waals surface area contributed by atoms with Crippen LogP contribution < -0.4 is 69.3 Å². The predicted octanol–water partition coefficient (Wildman–Crippen LogP) is 0.617. The summed E-state index contributed by atoms with van der Waals surface area (Å²) in [5.41, 5.74) is 0. The number of hydrogen-bond acceptors (Lipinski definition) is 28. The van der Waals surface area contributed by atoms with Gasteiger partial charge in [-0.2, -0.15) is 0 Å². The van der Waals surface area contributed by atoms with Crippen molar-refractivity contribution in [3.8, 4) is 0 Å². The van der Waals surface area contributed by atoms with Crippen molar-refractivity contribution in [2.75, 3.05) is 79.3 Å². The van der Waals surface area contributed by atoms with E-state index in [0.29, 0.717) is 167 Å². The summed E-state index contributed by atoms with van der Waals surface area (Å²) in [5.74, 6) is -7.06. The van der Waals surface area contributed by atoms with Crippen LogP contribution in [0, 0.1) is 0 Å². The first kappa shape index (κ1) is 94.8. The number of ether oxygens (including phenoxy) is 12. The Bertz CT molecular complexity index is 2030. The van der Waals surface area contributed by atoms with Crippen LogP contribution in [0.1, 0.15) is 257 Å². The van der Waals surface area contributed by atoms with Crippen LogP contribution in [0.5, 0.6) is 0 Å². The smallest absolute Gasteiger partial charge is 0.550 e. The topological polar surface area (TPSA) is 396 Å². The molecule has 0 bridgehead atoms. The van der Waals surface area contributed by atoms with Crippen molar-refractivity contribution in [2.45, 2.75) is 257 Å². The van der Waals surface area contributed by atoms with Crippen LogP contribution in [0.2, 0.25) is 0 Å². The number of rotatable bonds is 65. The third kappa shape index (κ3) is 71.4. The van der Waals surface area contributed by atoms with Crippen molar-refractivity contribution < 1.29 is 193 Å². The van der Waals surface area contributed by atoms with E-state index in [1.54, 1.807) is 0 Å². The molecule has 0 atom stereocenters. The third-order valence-electron chi connectivity index (χ3n) is 13.5. The van der Waals surface area contributed by atoms with Gasteiger partial charge < -0.3 is 76.6 Å². The summed E-state index contributed by atoms with van der Waals surface area (Å²) in [4.78, 5) is 164. The van der Waals surface area contributed by atoms with Crippen LogP contribution in [-0.2, 0) is 124 Å². The first-order valence-corrected chi connectivity index (χ1v) is 33.6. The van der Waals surface area contributed by atoms with Crippen LogP contribution in [0.15, 0.2) is 0 Å². The summed E-state index contributed by atoms with van der Waals surface area (Å²) in [5, 5.41) is 20.7. The van der Waals surface area contributed by atoms with Gasteiger partial charge in [-0.25, -0.2) is 0 Å². The Morgan fingerprint density at radius 3 is 0.312 bits per heavy atom. The molecule has 96 heavy (non-hydrogen) atoms. The summed E-state index contributed by atoms with van der Waals surface area (Å²) in [6.45, 7) is 2.06. The second-order valence-electron chi connectivity index (χ2n) is 22.1. The van der Waals surface area contributed by atoms with Gasteiger partial charge in [0, 0.05) is 89.0 Å². The molecule has 30 heteroatoms. The largest absolute Gasteiger partial charge is 1.00 e. The molecule has 28 nitrogen and oxygen atoms in total. The van der Waals surface area contributed by atoms with E-state index in [0.717, 1.165) is 0 Å². The maximum Gasteiger partial charge on any atom is 1.00 e. The van der Waals surface area contributed by atoms with Crippen molar-refractivity contribution in [1.29, 1.82) is 0 Å². The Morgan fingerprint density at radius 1 is 0.146 bits per heavy atom. The number of carbonyl (C=O) groups excluding carboxylic acids is 14. The number of unbranched alkanes of at least 4 members (excludes halogenated alkanes) is 13. The fourth-order valence-electron chi connectivity index (χ4n) is 8.09. The summed E-state index contributed by atoms with van der Waals surface area (Å²) in [6, 6.07) is 0. The van der Waals surface area contributed by atoms with Gasteiger partial charge >= 0.3 is 131 Å². The van der Waals surface area contributed by atoms with E-state index in [1.165, 1.54) is 0 Å². The molecule has 0 amide bonds. The quantitative estimate of drug-likeness (QED) is 0.0348. The molecule has 0 heterocycles. The molecule has 0 saturated heterocycles. The predicted molar refractivity (Wildman–Crippen MR) is 326 cm³/mol. The molecule has 0 radical (unpaired) electrons. The minimum absolute atomic E-state index is 0. The molecule has 0 rings (SSSR count). The summed E-state index contributed by atoms with van der Waals surface area (Å²) in [7, 11) is 0. The van der Waals surface area contributed by atoms with Gasteiger partial charge in [0.25, 0.3) is 0 Å².